The fraction of sp³-hybridized carbons (Fsp3) is 0.188. The van der Waals surface area contributed by atoms with Crippen LogP contribution in [-0.2, 0) is 14.8 Å². The molecule has 2 aromatic carbocycles. The molecule has 0 aliphatic rings. The van der Waals surface area contributed by atoms with Crippen molar-refractivity contribution >= 4 is 45.0 Å². The number of halogens is 1. The second kappa shape index (κ2) is 8.02. The molecular formula is C16H17ClN2O3S2. The SMILES string of the molecule is CSc1ccc(NC(=O)[C@H](C)NS(=O)(=O)c2cccc(Cl)c2)cc1. The molecule has 0 aliphatic heterocycles. The van der Waals surface area contributed by atoms with Gasteiger partial charge < -0.3 is 5.32 Å². The number of hydrogen-bond acceptors (Lipinski definition) is 4. The Balaban J connectivity index is 2.04. The van der Waals surface area contributed by atoms with E-state index in [1.165, 1.54) is 25.1 Å². The van der Waals surface area contributed by atoms with Crippen molar-refractivity contribution in [2.24, 2.45) is 0 Å². The number of benzene rings is 2. The molecule has 1 atom stereocenters. The maximum absolute atomic E-state index is 12.3. The molecule has 1 amide bonds. The Hall–Kier alpha value is -1.54. The van der Waals surface area contributed by atoms with Gasteiger partial charge in [0.15, 0.2) is 0 Å². The first-order valence-corrected chi connectivity index (χ1v) is 10.1. The first-order valence-electron chi connectivity index (χ1n) is 7.04. The minimum absolute atomic E-state index is 0.0129. The van der Waals surface area contributed by atoms with Crippen molar-refractivity contribution in [3.63, 3.8) is 0 Å². The smallest absolute Gasteiger partial charge is 0.242 e. The van der Waals surface area contributed by atoms with E-state index in [-0.39, 0.29) is 4.90 Å². The molecule has 0 aromatic heterocycles. The number of thioether (sulfide) groups is 1. The van der Waals surface area contributed by atoms with Gasteiger partial charge in [0.2, 0.25) is 15.9 Å². The van der Waals surface area contributed by atoms with Gasteiger partial charge in [0.05, 0.1) is 10.9 Å². The van der Waals surface area contributed by atoms with Gasteiger partial charge in [-0.2, -0.15) is 4.72 Å². The number of carbonyl (C=O) groups excluding carboxylic acids is 1. The van der Waals surface area contributed by atoms with Crippen LogP contribution in [0.5, 0.6) is 0 Å². The molecule has 0 aliphatic carbocycles. The molecule has 2 N–H and O–H groups in total. The molecule has 0 fully saturated rings. The molecule has 0 radical (unpaired) electrons. The molecule has 24 heavy (non-hydrogen) atoms. The Labute approximate surface area is 150 Å². The zero-order chi connectivity index (χ0) is 17.7. The van der Waals surface area contributed by atoms with Crippen LogP contribution in [-0.4, -0.2) is 26.6 Å². The Morgan fingerprint density at radius 3 is 2.42 bits per heavy atom. The van der Waals surface area contributed by atoms with Crippen molar-refractivity contribution in [2.75, 3.05) is 11.6 Å². The number of nitrogens with one attached hydrogen (secondary N) is 2. The summed E-state index contributed by atoms with van der Waals surface area (Å²) in [5.41, 5.74) is 0.603. The van der Waals surface area contributed by atoms with Crippen LogP contribution in [0.15, 0.2) is 58.3 Å². The zero-order valence-electron chi connectivity index (χ0n) is 13.1. The highest BCUT2D eigenvalue weighted by atomic mass is 35.5. The highest BCUT2D eigenvalue weighted by Gasteiger charge is 2.22. The van der Waals surface area contributed by atoms with Crippen molar-refractivity contribution in [1.29, 1.82) is 0 Å². The summed E-state index contributed by atoms with van der Waals surface area (Å²) in [6.45, 7) is 1.48. The summed E-state index contributed by atoms with van der Waals surface area (Å²) in [7, 11) is -3.83. The maximum Gasteiger partial charge on any atom is 0.242 e. The standard InChI is InChI=1S/C16H17ClN2O3S2/c1-11(16(20)18-13-6-8-14(23-2)9-7-13)19-24(21,22)15-5-3-4-12(17)10-15/h3-11,19H,1-2H3,(H,18,20)/t11-/m0/s1. The molecule has 0 unspecified atom stereocenters. The Morgan fingerprint density at radius 2 is 1.83 bits per heavy atom. The van der Waals surface area contributed by atoms with Gasteiger partial charge in [-0.25, -0.2) is 8.42 Å². The van der Waals surface area contributed by atoms with Crippen molar-refractivity contribution < 1.29 is 13.2 Å². The molecular weight excluding hydrogens is 368 g/mol. The van der Waals surface area contributed by atoms with Gasteiger partial charge in [-0.05, 0) is 55.6 Å². The van der Waals surface area contributed by atoms with Gasteiger partial charge in [-0.1, -0.05) is 17.7 Å². The highest BCUT2D eigenvalue weighted by Crippen LogP contribution is 2.18. The van der Waals surface area contributed by atoms with Crippen LogP contribution in [0.1, 0.15) is 6.92 Å². The summed E-state index contributed by atoms with van der Waals surface area (Å²) in [5.74, 6) is -0.447. The van der Waals surface area contributed by atoms with E-state index in [1.54, 1.807) is 30.0 Å². The average molecular weight is 385 g/mol. The van der Waals surface area contributed by atoms with Crippen LogP contribution in [0.3, 0.4) is 0 Å². The van der Waals surface area contributed by atoms with Crippen molar-refractivity contribution in [3.05, 3.63) is 53.6 Å². The Bertz CT molecular complexity index is 823. The van der Waals surface area contributed by atoms with Crippen LogP contribution < -0.4 is 10.0 Å². The molecule has 2 rings (SSSR count). The van der Waals surface area contributed by atoms with Crippen LogP contribution in [0, 0.1) is 0 Å². The Morgan fingerprint density at radius 1 is 1.17 bits per heavy atom. The summed E-state index contributed by atoms with van der Waals surface area (Å²) < 4.78 is 26.9. The van der Waals surface area contributed by atoms with Crippen molar-refractivity contribution in [3.8, 4) is 0 Å². The van der Waals surface area contributed by atoms with Crippen molar-refractivity contribution in [2.45, 2.75) is 22.8 Å². The van der Waals surface area contributed by atoms with Crippen molar-refractivity contribution in [1.82, 2.24) is 4.72 Å². The molecule has 128 valence electrons. The van der Waals surface area contributed by atoms with E-state index in [9.17, 15) is 13.2 Å². The lowest BCUT2D eigenvalue weighted by molar-refractivity contribution is -0.117. The molecule has 5 nitrogen and oxygen atoms in total. The summed E-state index contributed by atoms with van der Waals surface area (Å²) in [4.78, 5) is 13.3. The van der Waals surface area contributed by atoms with E-state index >= 15 is 0 Å². The average Bonchev–Trinajstić information content (AvgIpc) is 2.55. The number of sulfonamides is 1. The van der Waals surface area contributed by atoms with Gasteiger partial charge in [-0.3, -0.25) is 4.79 Å². The number of carbonyl (C=O) groups is 1. The van der Waals surface area contributed by atoms with E-state index in [0.717, 1.165) is 4.90 Å². The minimum atomic E-state index is -3.83. The highest BCUT2D eigenvalue weighted by molar-refractivity contribution is 7.98. The summed E-state index contributed by atoms with van der Waals surface area (Å²) in [5, 5.41) is 2.99. The number of hydrogen-bond donors (Lipinski definition) is 2. The second-order valence-electron chi connectivity index (χ2n) is 5.02. The lowest BCUT2D eigenvalue weighted by atomic mass is 10.3. The lowest BCUT2D eigenvalue weighted by Crippen LogP contribution is -2.41. The number of anilines is 1. The fourth-order valence-electron chi connectivity index (χ4n) is 1.91. The van der Waals surface area contributed by atoms with E-state index < -0.39 is 22.0 Å². The van der Waals surface area contributed by atoms with Gasteiger partial charge in [0, 0.05) is 15.6 Å². The third-order valence-electron chi connectivity index (χ3n) is 3.19. The second-order valence-corrected chi connectivity index (χ2v) is 8.05. The molecule has 0 spiro atoms. The van der Waals surface area contributed by atoms with Crippen LogP contribution in [0.2, 0.25) is 5.02 Å². The van der Waals surface area contributed by atoms with Crippen LogP contribution >= 0.6 is 23.4 Å². The molecule has 0 saturated heterocycles. The lowest BCUT2D eigenvalue weighted by Gasteiger charge is -2.15. The molecule has 0 bridgehead atoms. The first-order chi connectivity index (χ1) is 11.3. The minimum Gasteiger partial charge on any atom is -0.325 e. The number of amides is 1. The van der Waals surface area contributed by atoms with E-state index in [2.05, 4.69) is 10.0 Å². The summed E-state index contributed by atoms with van der Waals surface area (Å²) >= 11 is 7.40. The third kappa shape index (κ3) is 4.98. The molecule has 0 heterocycles. The number of rotatable bonds is 6. The zero-order valence-corrected chi connectivity index (χ0v) is 15.5. The van der Waals surface area contributed by atoms with Gasteiger partial charge in [0.25, 0.3) is 0 Å². The van der Waals surface area contributed by atoms with E-state index in [0.29, 0.717) is 10.7 Å². The molecule has 2 aromatic rings. The summed E-state index contributed by atoms with van der Waals surface area (Å²) in [6, 6.07) is 12.2. The predicted molar refractivity (Wildman–Crippen MR) is 98.1 cm³/mol. The molecule has 0 saturated carbocycles. The normalized spacial score (nSPS) is 12.6. The van der Waals surface area contributed by atoms with E-state index in [1.807, 2.05) is 18.4 Å². The topological polar surface area (TPSA) is 75.3 Å². The van der Waals surface area contributed by atoms with Crippen LogP contribution in [0.4, 0.5) is 5.69 Å². The largest absolute Gasteiger partial charge is 0.325 e. The third-order valence-corrected chi connectivity index (χ3v) is 5.71. The summed E-state index contributed by atoms with van der Waals surface area (Å²) in [6.07, 6.45) is 1.96. The quantitative estimate of drug-likeness (QED) is 0.749. The fourth-order valence-corrected chi connectivity index (χ4v) is 3.82. The first kappa shape index (κ1) is 18.8. The maximum atomic E-state index is 12.3. The van der Waals surface area contributed by atoms with Gasteiger partial charge >= 0.3 is 0 Å². The van der Waals surface area contributed by atoms with Crippen LogP contribution in [0.25, 0.3) is 0 Å². The van der Waals surface area contributed by atoms with Gasteiger partial charge in [-0.15, -0.1) is 11.8 Å². The molecule has 8 heteroatoms. The monoisotopic (exact) mass is 384 g/mol. The Kier molecular flexibility index (Phi) is 6.28. The van der Waals surface area contributed by atoms with Gasteiger partial charge in [0.1, 0.15) is 0 Å². The predicted octanol–water partition coefficient (Wildman–Crippen LogP) is 3.37. The van der Waals surface area contributed by atoms with E-state index in [4.69, 9.17) is 11.6 Å².